The molecule has 1 heterocycles. The van der Waals surface area contributed by atoms with Gasteiger partial charge in [-0.15, -0.1) is 0 Å². The van der Waals surface area contributed by atoms with Gasteiger partial charge in [-0.05, 0) is 47.5 Å². The third kappa shape index (κ3) is 6.84. The smallest absolute Gasteiger partial charge is 0.347 e. The highest BCUT2D eigenvalue weighted by atomic mass is 19.4. The van der Waals surface area contributed by atoms with Crippen LogP contribution in [0.1, 0.15) is 27.3 Å². The Morgan fingerprint density at radius 1 is 0.838 bits per heavy atom. The summed E-state index contributed by atoms with van der Waals surface area (Å²) in [6.07, 6.45) is -4.68. The number of carbonyl (C=O) groups excluding carboxylic acids is 1. The maximum atomic E-state index is 13.5. The second-order valence-electron chi connectivity index (χ2n) is 8.52. The molecule has 0 aliphatic carbocycles. The van der Waals surface area contributed by atoms with Gasteiger partial charge in [-0.3, -0.25) is 4.79 Å². The Kier molecular flexibility index (Phi) is 8.37. The van der Waals surface area contributed by atoms with E-state index in [-0.39, 0.29) is 12.2 Å². The summed E-state index contributed by atoms with van der Waals surface area (Å²) in [5.74, 6) is -0.648. The number of benzene rings is 3. The Morgan fingerprint density at radius 2 is 1.54 bits per heavy atom. The Morgan fingerprint density at radius 3 is 2.27 bits per heavy atom. The summed E-state index contributed by atoms with van der Waals surface area (Å²) >= 11 is 0. The fraction of sp³-hybridized carbons (Fsp3) is 0.214. The number of hydrogen-bond acceptors (Lipinski definition) is 4. The fourth-order valence-electron chi connectivity index (χ4n) is 3.89. The SMILES string of the molecule is CNCCNCc1cccc(-n2nc(C(F)(F)F)cc2C(=O)NCc2cccc(-c3ccccc3)c2)c1. The van der Waals surface area contributed by atoms with Crippen LogP contribution in [0, 0.1) is 0 Å². The minimum absolute atomic E-state index is 0.154. The van der Waals surface area contributed by atoms with E-state index in [2.05, 4.69) is 21.0 Å². The lowest BCUT2D eigenvalue weighted by Gasteiger charge is -2.11. The van der Waals surface area contributed by atoms with Gasteiger partial charge in [0, 0.05) is 32.2 Å². The molecule has 1 amide bonds. The van der Waals surface area contributed by atoms with E-state index in [1.807, 2.05) is 67.7 Å². The molecule has 0 saturated carbocycles. The summed E-state index contributed by atoms with van der Waals surface area (Å²) in [6, 6.07) is 25.2. The largest absolute Gasteiger partial charge is 0.435 e. The van der Waals surface area contributed by atoms with Gasteiger partial charge in [-0.25, -0.2) is 4.68 Å². The van der Waals surface area contributed by atoms with Crippen LogP contribution in [0.2, 0.25) is 0 Å². The zero-order valence-corrected chi connectivity index (χ0v) is 20.3. The molecule has 3 aromatic carbocycles. The molecule has 0 aliphatic rings. The molecule has 0 spiro atoms. The molecule has 0 bridgehead atoms. The van der Waals surface area contributed by atoms with Crippen molar-refractivity contribution in [1.82, 2.24) is 25.7 Å². The van der Waals surface area contributed by atoms with Crippen molar-refractivity contribution in [2.75, 3.05) is 20.1 Å². The average Bonchev–Trinajstić information content (AvgIpc) is 3.37. The van der Waals surface area contributed by atoms with Crippen LogP contribution in [0.25, 0.3) is 16.8 Å². The maximum Gasteiger partial charge on any atom is 0.435 e. The average molecular weight is 508 g/mol. The van der Waals surface area contributed by atoms with E-state index in [0.717, 1.165) is 46.1 Å². The van der Waals surface area contributed by atoms with Crippen LogP contribution >= 0.6 is 0 Å². The fourth-order valence-corrected chi connectivity index (χ4v) is 3.89. The Labute approximate surface area is 213 Å². The van der Waals surface area contributed by atoms with Crippen LogP contribution in [0.15, 0.2) is 84.9 Å². The number of alkyl halides is 3. The van der Waals surface area contributed by atoms with E-state index in [4.69, 9.17) is 0 Å². The van der Waals surface area contributed by atoms with Crippen LogP contribution < -0.4 is 16.0 Å². The van der Waals surface area contributed by atoms with Crippen LogP contribution in [0.5, 0.6) is 0 Å². The lowest BCUT2D eigenvalue weighted by atomic mass is 10.0. The van der Waals surface area contributed by atoms with Crippen LogP contribution in [-0.2, 0) is 19.3 Å². The van der Waals surface area contributed by atoms with E-state index in [0.29, 0.717) is 12.2 Å². The minimum atomic E-state index is -4.68. The highest BCUT2D eigenvalue weighted by Gasteiger charge is 2.36. The Balaban J connectivity index is 1.55. The lowest BCUT2D eigenvalue weighted by molar-refractivity contribution is -0.141. The standard InChI is InChI=1S/C28H28F3N5O/c1-32-13-14-33-18-21-8-6-12-24(16-21)36-25(17-26(35-36)28(29,30)31)27(37)34-19-20-7-5-11-23(15-20)22-9-3-2-4-10-22/h2-12,15-17,32-33H,13-14,18-19H2,1H3,(H,34,37). The third-order valence-corrected chi connectivity index (χ3v) is 5.76. The first-order valence-electron chi connectivity index (χ1n) is 11.9. The van der Waals surface area contributed by atoms with Gasteiger partial charge < -0.3 is 16.0 Å². The van der Waals surface area contributed by atoms with Gasteiger partial charge in [0.1, 0.15) is 5.69 Å². The Hall–Kier alpha value is -3.95. The van der Waals surface area contributed by atoms with Crippen molar-refractivity contribution in [3.05, 3.63) is 107 Å². The third-order valence-electron chi connectivity index (χ3n) is 5.76. The van der Waals surface area contributed by atoms with Crippen LogP contribution in [0.4, 0.5) is 13.2 Å². The van der Waals surface area contributed by atoms with E-state index < -0.39 is 17.8 Å². The topological polar surface area (TPSA) is 71.0 Å². The summed E-state index contributed by atoms with van der Waals surface area (Å²) in [6.45, 7) is 2.20. The van der Waals surface area contributed by atoms with Crippen molar-refractivity contribution in [2.45, 2.75) is 19.3 Å². The number of likely N-dealkylation sites (N-methyl/N-ethyl adjacent to an activating group) is 1. The van der Waals surface area contributed by atoms with Crippen molar-refractivity contribution in [2.24, 2.45) is 0 Å². The Bertz CT molecular complexity index is 1340. The summed E-state index contributed by atoms with van der Waals surface area (Å²) in [5.41, 5.74) is 2.77. The summed E-state index contributed by atoms with van der Waals surface area (Å²) < 4.78 is 41.6. The number of aromatic nitrogens is 2. The monoisotopic (exact) mass is 507 g/mol. The van der Waals surface area contributed by atoms with E-state index in [1.165, 1.54) is 0 Å². The number of nitrogens with one attached hydrogen (secondary N) is 3. The number of hydrogen-bond donors (Lipinski definition) is 3. The number of rotatable bonds is 10. The van der Waals surface area contributed by atoms with Gasteiger partial charge in [-0.1, -0.05) is 60.7 Å². The maximum absolute atomic E-state index is 13.5. The first-order valence-corrected chi connectivity index (χ1v) is 11.9. The molecule has 192 valence electrons. The molecule has 9 heteroatoms. The number of nitrogens with zero attached hydrogens (tertiary/aromatic N) is 2. The van der Waals surface area contributed by atoms with Crippen molar-refractivity contribution in [3.8, 4) is 16.8 Å². The molecular weight excluding hydrogens is 479 g/mol. The molecule has 4 rings (SSSR count). The summed E-state index contributed by atoms with van der Waals surface area (Å²) in [7, 11) is 1.85. The molecule has 0 aliphatic heterocycles. The molecule has 0 atom stereocenters. The van der Waals surface area contributed by atoms with E-state index in [1.54, 1.807) is 18.2 Å². The molecule has 4 aromatic rings. The van der Waals surface area contributed by atoms with Gasteiger partial charge in [0.15, 0.2) is 5.69 Å². The van der Waals surface area contributed by atoms with E-state index in [9.17, 15) is 18.0 Å². The van der Waals surface area contributed by atoms with Crippen molar-refractivity contribution < 1.29 is 18.0 Å². The van der Waals surface area contributed by atoms with Gasteiger partial charge >= 0.3 is 6.18 Å². The molecule has 0 unspecified atom stereocenters. The molecule has 0 saturated heterocycles. The summed E-state index contributed by atoms with van der Waals surface area (Å²) in [4.78, 5) is 13.1. The number of amides is 1. The zero-order chi connectivity index (χ0) is 26.3. The predicted molar refractivity (Wildman–Crippen MR) is 137 cm³/mol. The van der Waals surface area contributed by atoms with Crippen molar-refractivity contribution in [3.63, 3.8) is 0 Å². The molecule has 37 heavy (non-hydrogen) atoms. The highest BCUT2D eigenvalue weighted by Crippen LogP contribution is 2.30. The van der Waals surface area contributed by atoms with E-state index >= 15 is 0 Å². The highest BCUT2D eigenvalue weighted by molar-refractivity contribution is 5.93. The van der Waals surface area contributed by atoms with Crippen LogP contribution in [0.3, 0.4) is 0 Å². The van der Waals surface area contributed by atoms with Crippen LogP contribution in [-0.4, -0.2) is 35.8 Å². The molecule has 6 nitrogen and oxygen atoms in total. The molecular formula is C28H28F3N5O. The second kappa shape index (κ2) is 11.9. The molecule has 0 radical (unpaired) electrons. The lowest BCUT2D eigenvalue weighted by Crippen LogP contribution is -2.25. The number of carbonyl (C=O) groups is 1. The number of halogens is 3. The predicted octanol–water partition coefficient (Wildman–Crippen LogP) is 4.80. The van der Waals surface area contributed by atoms with Crippen molar-refractivity contribution in [1.29, 1.82) is 0 Å². The summed E-state index contributed by atoms with van der Waals surface area (Å²) in [5, 5.41) is 12.8. The first kappa shape index (κ1) is 26.1. The zero-order valence-electron chi connectivity index (χ0n) is 20.3. The van der Waals surface area contributed by atoms with Gasteiger partial charge in [-0.2, -0.15) is 18.3 Å². The molecule has 1 aromatic heterocycles. The molecule has 3 N–H and O–H groups in total. The second-order valence-corrected chi connectivity index (χ2v) is 8.52. The first-order chi connectivity index (χ1) is 17.8. The molecule has 0 fully saturated rings. The quantitative estimate of drug-likeness (QED) is 0.270. The van der Waals surface area contributed by atoms with Crippen molar-refractivity contribution >= 4 is 5.91 Å². The van der Waals surface area contributed by atoms with Gasteiger partial charge in [0.05, 0.1) is 5.69 Å². The van der Waals surface area contributed by atoms with Gasteiger partial charge in [0.25, 0.3) is 5.91 Å². The normalized spacial score (nSPS) is 11.5. The minimum Gasteiger partial charge on any atom is -0.347 e. The van der Waals surface area contributed by atoms with Gasteiger partial charge in [0.2, 0.25) is 0 Å².